The number of aryl methyl sites for hydroxylation is 1. The molecule has 1 amide bonds. The van der Waals surface area contributed by atoms with Crippen molar-refractivity contribution in [3.63, 3.8) is 0 Å². The van der Waals surface area contributed by atoms with Crippen molar-refractivity contribution >= 4 is 11.9 Å². The van der Waals surface area contributed by atoms with E-state index in [4.69, 9.17) is 5.11 Å². The van der Waals surface area contributed by atoms with Gasteiger partial charge >= 0.3 is 5.97 Å². The van der Waals surface area contributed by atoms with E-state index in [1.807, 2.05) is 22.9 Å². The molecule has 5 nitrogen and oxygen atoms in total. The summed E-state index contributed by atoms with van der Waals surface area (Å²) in [6, 6.07) is 3.52. The van der Waals surface area contributed by atoms with Crippen molar-refractivity contribution in [1.29, 1.82) is 0 Å². The summed E-state index contributed by atoms with van der Waals surface area (Å²) in [7, 11) is 0. The van der Waals surface area contributed by atoms with Gasteiger partial charge in [-0.1, -0.05) is 6.92 Å². The Kier molecular flexibility index (Phi) is 4.24. The SMILES string of the molecule is CCCn1cccc1C(=O)N1CCCC1CC(=O)O. The van der Waals surface area contributed by atoms with Crippen molar-refractivity contribution in [1.82, 2.24) is 9.47 Å². The van der Waals surface area contributed by atoms with E-state index in [0.717, 1.165) is 25.8 Å². The molecule has 1 aliphatic heterocycles. The number of carboxylic acids is 1. The molecule has 0 radical (unpaired) electrons. The Morgan fingerprint density at radius 3 is 2.95 bits per heavy atom. The van der Waals surface area contributed by atoms with Crippen LogP contribution in [0.5, 0.6) is 0 Å². The van der Waals surface area contributed by atoms with Crippen LogP contribution in [-0.2, 0) is 11.3 Å². The van der Waals surface area contributed by atoms with E-state index in [-0.39, 0.29) is 18.4 Å². The molecule has 1 fully saturated rings. The van der Waals surface area contributed by atoms with Crippen LogP contribution in [0.1, 0.15) is 43.1 Å². The zero-order valence-corrected chi connectivity index (χ0v) is 11.2. The number of aromatic nitrogens is 1. The van der Waals surface area contributed by atoms with Crippen LogP contribution in [0.15, 0.2) is 18.3 Å². The monoisotopic (exact) mass is 264 g/mol. The molecule has 1 atom stereocenters. The Morgan fingerprint density at radius 2 is 2.26 bits per heavy atom. The second-order valence-corrected chi connectivity index (χ2v) is 4.98. The maximum atomic E-state index is 12.5. The molecule has 0 bridgehead atoms. The number of carbonyl (C=O) groups is 2. The first kappa shape index (κ1) is 13.6. The van der Waals surface area contributed by atoms with E-state index >= 15 is 0 Å². The first-order chi connectivity index (χ1) is 9.13. The highest BCUT2D eigenvalue weighted by atomic mass is 16.4. The maximum Gasteiger partial charge on any atom is 0.305 e. The summed E-state index contributed by atoms with van der Waals surface area (Å²) in [5.41, 5.74) is 0.666. The molecule has 104 valence electrons. The predicted octanol–water partition coefficient (Wildman–Crippen LogP) is 1.98. The van der Waals surface area contributed by atoms with Gasteiger partial charge in [-0.3, -0.25) is 9.59 Å². The molecule has 1 aromatic heterocycles. The summed E-state index contributed by atoms with van der Waals surface area (Å²) in [6.45, 7) is 3.54. The normalized spacial score (nSPS) is 18.8. The van der Waals surface area contributed by atoms with Crippen molar-refractivity contribution in [2.24, 2.45) is 0 Å². The van der Waals surface area contributed by atoms with Crippen LogP contribution in [0.25, 0.3) is 0 Å². The van der Waals surface area contributed by atoms with Crippen LogP contribution >= 0.6 is 0 Å². The van der Waals surface area contributed by atoms with Gasteiger partial charge in [0.1, 0.15) is 5.69 Å². The summed E-state index contributed by atoms with van der Waals surface area (Å²) in [6.07, 6.45) is 4.58. The van der Waals surface area contributed by atoms with Crippen molar-refractivity contribution in [3.8, 4) is 0 Å². The summed E-state index contributed by atoms with van der Waals surface area (Å²) >= 11 is 0. The number of rotatable bonds is 5. The lowest BCUT2D eigenvalue weighted by molar-refractivity contribution is -0.137. The van der Waals surface area contributed by atoms with Crippen molar-refractivity contribution in [2.45, 2.75) is 45.2 Å². The first-order valence-corrected chi connectivity index (χ1v) is 6.81. The minimum absolute atomic E-state index is 0.0396. The third kappa shape index (κ3) is 2.97. The van der Waals surface area contributed by atoms with E-state index in [0.29, 0.717) is 12.2 Å². The molecule has 2 rings (SSSR count). The molecule has 2 heterocycles. The molecule has 0 aliphatic carbocycles. The second kappa shape index (κ2) is 5.91. The molecule has 0 spiro atoms. The third-order valence-electron chi connectivity index (χ3n) is 3.56. The molecule has 0 aromatic carbocycles. The molecule has 0 saturated carbocycles. The van der Waals surface area contributed by atoms with Gasteiger partial charge in [0.2, 0.25) is 0 Å². The second-order valence-electron chi connectivity index (χ2n) is 4.98. The largest absolute Gasteiger partial charge is 0.481 e. The number of amides is 1. The summed E-state index contributed by atoms with van der Waals surface area (Å²) < 4.78 is 1.94. The Labute approximate surface area is 112 Å². The van der Waals surface area contributed by atoms with Gasteiger partial charge in [-0.2, -0.15) is 0 Å². The highest BCUT2D eigenvalue weighted by Crippen LogP contribution is 2.22. The minimum Gasteiger partial charge on any atom is -0.481 e. The number of carboxylic acid groups (broad SMARTS) is 1. The van der Waals surface area contributed by atoms with Gasteiger partial charge in [0.25, 0.3) is 5.91 Å². The number of hydrogen-bond acceptors (Lipinski definition) is 2. The van der Waals surface area contributed by atoms with E-state index in [2.05, 4.69) is 6.92 Å². The van der Waals surface area contributed by atoms with Crippen LogP contribution < -0.4 is 0 Å². The fraction of sp³-hybridized carbons (Fsp3) is 0.571. The average molecular weight is 264 g/mol. The van der Waals surface area contributed by atoms with Crippen molar-refractivity contribution < 1.29 is 14.7 Å². The van der Waals surface area contributed by atoms with Gasteiger partial charge in [-0.25, -0.2) is 0 Å². The molecule has 19 heavy (non-hydrogen) atoms. The minimum atomic E-state index is -0.839. The topological polar surface area (TPSA) is 62.5 Å². The lowest BCUT2D eigenvalue weighted by atomic mass is 10.1. The fourth-order valence-electron chi connectivity index (χ4n) is 2.71. The summed E-state index contributed by atoms with van der Waals surface area (Å²) in [5.74, 6) is -0.879. The fourth-order valence-corrected chi connectivity index (χ4v) is 2.71. The van der Waals surface area contributed by atoms with E-state index in [1.54, 1.807) is 4.90 Å². The molecular formula is C14H20N2O3. The third-order valence-corrected chi connectivity index (χ3v) is 3.56. The van der Waals surface area contributed by atoms with Crippen LogP contribution in [0, 0.1) is 0 Å². The number of hydrogen-bond donors (Lipinski definition) is 1. The van der Waals surface area contributed by atoms with E-state index in [1.165, 1.54) is 0 Å². The lowest BCUT2D eigenvalue weighted by Crippen LogP contribution is -2.37. The quantitative estimate of drug-likeness (QED) is 0.884. The highest BCUT2D eigenvalue weighted by Gasteiger charge is 2.31. The Bertz CT molecular complexity index is 467. The van der Waals surface area contributed by atoms with Gasteiger partial charge in [0.15, 0.2) is 0 Å². The Hall–Kier alpha value is -1.78. The van der Waals surface area contributed by atoms with Crippen LogP contribution in [0.2, 0.25) is 0 Å². The molecule has 1 N–H and O–H groups in total. The number of aliphatic carboxylic acids is 1. The van der Waals surface area contributed by atoms with E-state index in [9.17, 15) is 9.59 Å². The number of nitrogens with zero attached hydrogens (tertiary/aromatic N) is 2. The zero-order valence-electron chi connectivity index (χ0n) is 11.2. The summed E-state index contributed by atoms with van der Waals surface area (Å²) in [5, 5.41) is 8.90. The van der Waals surface area contributed by atoms with Gasteiger partial charge in [0.05, 0.1) is 6.42 Å². The predicted molar refractivity (Wildman–Crippen MR) is 71.0 cm³/mol. The van der Waals surface area contributed by atoms with Gasteiger partial charge in [-0.05, 0) is 31.4 Å². The smallest absolute Gasteiger partial charge is 0.305 e. The van der Waals surface area contributed by atoms with Crippen molar-refractivity contribution in [2.75, 3.05) is 6.54 Å². The number of carbonyl (C=O) groups excluding carboxylic acids is 1. The van der Waals surface area contributed by atoms with Crippen LogP contribution in [-0.4, -0.2) is 39.0 Å². The van der Waals surface area contributed by atoms with Gasteiger partial charge in [-0.15, -0.1) is 0 Å². The Morgan fingerprint density at radius 1 is 1.47 bits per heavy atom. The standard InChI is InChI=1S/C14H20N2O3/c1-2-7-15-8-4-6-12(15)14(19)16-9-3-5-11(16)10-13(17)18/h4,6,8,11H,2-3,5,7,9-10H2,1H3,(H,17,18). The highest BCUT2D eigenvalue weighted by molar-refractivity contribution is 5.93. The van der Waals surface area contributed by atoms with Crippen molar-refractivity contribution in [3.05, 3.63) is 24.0 Å². The van der Waals surface area contributed by atoms with Gasteiger partial charge in [0, 0.05) is 25.3 Å². The lowest BCUT2D eigenvalue weighted by Gasteiger charge is -2.24. The molecular weight excluding hydrogens is 244 g/mol. The number of likely N-dealkylation sites (tertiary alicyclic amines) is 1. The molecule has 1 unspecified atom stereocenters. The Balaban J connectivity index is 2.13. The molecule has 5 heteroatoms. The summed E-state index contributed by atoms with van der Waals surface area (Å²) in [4.78, 5) is 25.1. The average Bonchev–Trinajstić information content (AvgIpc) is 2.97. The maximum absolute atomic E-state index is 12.5. The van der Waals surface area contributed by atoms with Crippen LogP contribution in [0.4, 0.5) is 0 Å². The first-order valence-electron chi connectivity index (χ1n) is 6.81. The van der Waals surface area contributed by atoms with E-state index < -0.39 is 5.97 Å². The molecule has 1 aromatic rings. The zero-order chi connectivity index (χ0) is 13.8. The molecule has 1 aliphatic rings. The van der Waals surface area contributed by atoms with Gasteiger partial charge < -0.3 is 14.6 Å². The molecule has 1 saturated heterocycles. The van der Waals surface area contributed by atoms with Crippen LogP contribution in [0.3, 0.4) is 0 Å².